The molecule has 5 nitrogen and oxygen atoms in total. The summed E-state index contributed by atoms with van der Waals surface area (Å²) in [7, 11) is -1.77. The van der Waals surface area contributed by atoms with Crippen molar-refractivity contribution in [1.29, 1.82) is 0 Å². The lowest BCUT2D eigenvalue weighted by Gasteiger charge is -2.35. The van der Waals surface area contributed by atoms with Gasteiger partial charge in [0, 0.05) is 12.2 Å². The largest absolute Gasteiger partial charge is 0.463 e. The summed E-state index contributed by atoms with van der Waals surface area (Å²) in [4.78, 5) is 22.9. The van der Waals surface area contributed by atoms with Gasteiger partial charge in [-0.15, -0.1) is 0 Å². The zero-order valence-electron chi connectivity index (χ0n) is 17.7. The van der Waals surface area contributed by atoms with E-state index in [4.69, 9.17) is 13.9 Å². The molecule has 0 aromatic heterocycles. The maximum absolute atomic E-state index is 11.7. The number of allylic oxidation sites excluding steroid dienone is 2. The van der Waals surface area contributed by atoms with Gasteiger partial charge in [-0.3, -0.25) is 0 Å². The molecule has 0 fully saturated rings. The van der Waals surface area contributed by atoms with Gasteiger partial charge < -0.3 is 13.9 Å². The van der Waals surface area contributed by atoms with Crippen molar-refractivity contribution in [3.05, 3.63) is 48.6 Å². The normalized spacial score (nSPS) is 14.4. The molecule has 27 heavy (non-hydrogen) atoms. The lowest BCUT2D eigenvalue weighted by Crippen LogP contribution is -2.40. The van der Waals surface area contributed by atoms with Crippen LogP contribution in [0.1, 0.15) is 34.6 Å². The molecule has 6 heteroatoms. The number of hydrogen-bond donors (Lipinski definition) is 0. The molecule has 0 radical (unpaired) electrons. The number of esters is 2. The summed E-state index contributed by atoms with van der Waals surface area (Å²) in [6, 6.07) is 0. The van der Waals surface area contributed by atoms with Gasteiger partial charge in [0.15, 0.2) is 8.32 Å². The Bertz CT molecular complexity index is 594. The van der Waals surface area contributed by atoms with Crippen molar-refractivity contribution in [2.24, 2.45) is 0 Å². The maximum Gasteiger partial charge on any atom is 0.331 e. The van der Waals surface area contributed by atoms with Gasteiger partial charge in [-0.2, -0.15) is 0 Å². The lowest BCUT2D eigenvalue weighted by atomic mass is 10.2. The van der Waals surface area contributed by atoms with E-state index >= 15 is 0 Å². The molecule has 0 aliphatic heterocycles. The molecule has 0 saturated heterocycles. The average Bonchev–Trinajstić information content (AvgIpc) is 2.55. The van der Waals surface area contributed by atoms with Crippen molar-refractivity contribution < 1.29 is 23.5 Å². The predicted octanol–water partition coefficient (Wildman–Crippen LogP) is 4.73. The molecule has 0 bridgehead atoms. The minimum atomic E-state index is -1.77. The van der Waals surface area contributed by atoms with Crippen LogP contribution in [0.4, 0.5) is 0 Å². The first-order valence-electron chi connectivity index (χ1n) is 9.10. The highest BCUT2D eigenvalue weighted by molar-refractivity contribution is 6.74. The smallest absolute Gasteiger partial charge is 0.331 e. The highest BCUT2D eigenvalue weighted by atomic mass is 28.4. The zero-order chi connectivity index (χ0) is 21.1. The molecule has 152 valence electrons. The average molecular weight is 395 g/mol. The van der Waals surface area contributed by atoms with E-state index in [1.807, 2.05) is 19.1 Å². The van der Waals surface area contributed by atoms with E-state index < -0.39 is 26.4 Å². The molecule has 1 atom stereocenters. The van der Waals surface area contributed by atoms with Crippen LogP contribution in [-0.2, 0) is 23.5 Å². The van der Waals surface area contributed by atoms with Crippen molar-refractivity contribution in [3.63, 3.8) is 0 Å². The second-order valence-electron chi connectivity index (χ2n) is 7.60. The number of carbonyl (C=O) groups excluding carboxylic acids is 2. The Morgan fingerprint density at radius 1 is 1.11 bits per heavy atom. The zero-order valence-corrected chi connectivity index (χ0v) is 18.7. The van der Waals surface area contributed by atoms with Crippen molar-refractivity contribution in [1.82, 2.24) is 0 Å². The third kappa shape index (κ3) is 10.7. The van der Waals surface area contributed by atoms with Gasteiger partial charge in [-0.25, -0.2) is 9.59 Å². The Kier molecular flexibility index (Phi) is 10.9. The lowest BCUT2D eigenvalue weighted by molar-refractivity contribution is -0.141. The first kappa shape index (κ1) is 25.1. The van der Waals surface area contributed by atoms with Crippen LogP contribution in [-0.4, -0.2) is 39.6 Å². The van der Waals surface area contributed by atoms with E-state index in [0.717, 1.165) is 17.7 Å². The summed E-state index contributed by atoms with van der Waals surface area (Å²) in [5.74, 6) is -1.22. The minimum absolute atomic E-state index is 0.170. The van der Waals surface area contributed by atoms with Crippen LogP contribution in [0, 0.1) is 0 Å². The highest BCUT2D eigenvalue weighted by Gasteiger charge is 2.36. The Labute approximate surface area is 164 Å². The predicted molar refractivity (Wildman–Crippen MR) is 112 cm³/mol. The number of ether oxygens (including phenoxy) is 2. The molecular formula is C21H34O5Si. The van der Waals surface area contributed by atoms with Gasteiger partial charge in [0.05, 0.1) is 13.2 Å². The van der Waals surface area contributed by atoms with E-state index in [1.165, 1.54) is 6.08 Å². The van der Waals surface area contributed by atoms with Gasteiger partial charge in [-0.05, 0) is 44.1 Å². The number of carbonyl (C=O) groups is 2. The van der Waals surface area contributed by atoms with Crippen molar-refractivity contribution in [3.8, 4) is 0 Å². The fraction of sp³-hybridized carbons (Fsp3) is 0.524. The summed E-state index contributed by atoms with van der Waals surface area (Å²) >= 11 is 0. The fourth-order valence-corrected chi connectivity index (χ4v) is 2.51. The second kappa shape index (κ2) is 11.7. The van der Waals surface area contributed by atoms with E-state index in [1.54, 1.807) is 13.0 Å². The van der Waals surface area contributed by atoms with Crippen LogP contribution in [0.25, 0.3) is 0 Å². The van der Waals surface area contributed by atoms with Crippen LogP contribution in [0.3, 0.4) is 0 Å². The third-order valence-corrected chi connectivity index (χ3v) is 8.83. The Morgan fingerprint density at radius 2 is 1.70 bits per heavy atom. The van der Waals surface area contributed by atoms with Crippen LogP contribution in [0.2, 0.25) is 18.1 Å². The van der Waals surface area contributed by atoms with Crippen LogP contribution < -0.4 is 0 Å². The van der Waals surface area contributed by atoms with Crippen LogP contribution in [0.5, 0.6) is 0 Å². The molecule has 0 amide bonds. The molecule has 0 aliphatic rings. The molecule has 0 rings (SSSR count). The van der Waals surface area contributed by atoms with Crippen molar-refractivity contribution in [2.45, 2.75) is 58.9 Å². The van der Waals surface area contributed by atoms with Gasteiger partial charge in [0.2, 0.25) is 0 Å². The summed E-state index contributed by atoms with van der Waals surface area (Å²) in [5, 5.41) is 0.170. The molecule has 0 aliphatic carbocycles. The van der Waals surface area contributed by atoms with Crippen molar-refractivity contribution >= 4 is 20.3 Å². The topological polar surface area (TPSA) is 61.8 Å². The maximum atomic E-state index is 11.7. The molecule has 0 N–H and O–H groups in total. The number of hydrogen-bond acceptors (Lipinski definition) is 5. The van der Waals surface area contributed by atoms with Gasteiger partial charge in [0.25, 0.3) is 0 Å². The molecule has 0 heterocycles. The molecule has 0 unspecified atom stereocenters. The van der Waals surface area contributed by atoms with Gasteiger partial charge in [-0.1, -0.05) is 45.1 Å². The molecule has 0 aromatic rings. The Hall–Kier alpha value is -1.92. The first-order valence-corrected chi connectivity index (χ1v) is 12.0. The number of rotatable bonds is 10. The van der Waals surface area contributed by atoms with E-state index in [9.17, 15) is 9.59 Å². The van der Waals surface area contributed by atoms with Gasteiger partial charge in [0.1, 0.15) is 6.10 Å². The molecule has 0 spiro atoms. The van der Waals surface area contributed by atoms with E-state index in [2.05, 4.69) is 40.4 Å². The monoisotopic (exact) mass is 394 g/mol. The molecule has 0 aromatic carbocycles. The Balaban J connectivity index is 4.64. The molecular weight excluding hydrogens is 360 g/mol. The standard InChI is InChI=1S/C21H34O5Si/c1-9-18(26-20(23)14-13-19(22)24-10-2)12-11-17(3)15-16-25-27(7,8)21(4,5)6/h9,11-15,18H,1,10,16H2,2-8H3/b12-11+,14-13+,17-15+/t18-/m0/s1. The van der Waals surface area contributed by atoms with E-state index in [0.29, 0.717) is 6.61 Å². The van der Waals surface area contributed by atoms with Gasteiger partial charge >= 0.3 is 11.9 Å². The van der Waals surface area contributed by atoms with Crippen LogP contribution in [0.15, 0.2) is 48.6 Å². The summed E-state index contributed by atoms with van der Waals surface area (Å²) in [6.45, 7) is 19.1. The van der Waals surface area contributed by atoms with Crippen molar-refractivity contribution in [2.75, 3.05) is 13.2 Å². The Morgan fingerprint density at radius 3 is 2.22 bits per heavy atom. The second-order valence-corrected chi connectivity index (χ2v) is 12.4. The molecule has 0 saturated carbocycles. The third-order valence-electron chi connectivity index (χ3n) is 4.33. The summed E-state index contributed by atoms with van der Waals surface area (Å²) in [5.41, 5.74) is 0.999. The highest BCUT2D eigenvalue weighted by Crippen LogP contribution is 2.36. The first-order chi connectivity index (χ1) is 12.4. The quantitative estimate of drug-likeness (QED) is 0.176. The fourth-order valence-electron chi connectivity index (χ4n) is 1.58. The van der Waals surface area contributed by atoms with Crippen LogP contribution >= 0.6 is 0 Å². The summed E-state index contributed by atoms with van der Waals surface area (Å²) in [6.07, 6.45) is 8.57. The van der Waals surface area contributed by atoms with E-state index in [-0.39, 0.29) is 11.6 Å². The SMILES string of the molecule is C=C[C@@H](/C=C/C(C)=C/CO[Si](C)(C)C(C)(C)C)OC(=O)/C=C/C(=O)OCC. The minimum Gasteiger partial charge on any atom is -0.463 e. The summed E-state index contributed by atoms with van der Waals surface area (Å²) < 4.78 is 16.0.